The number of piperidine rings is 1. The number of benzene rings is 1. The molecule has 5 heteroatoms. The Hall–Kier alpha value is -2.30. The van der Waals surface area contributed by atoms with Gasteiger partial charge in [0.15, 0.2) is 0 Å². The number of nitrogens with zero attached hydrogens (tertiary/aromatic N) is 3. The van der Waals surface area contributed by atoms with E-state index in [1.165, 1.54) is 6.42 Å². The number of aromatic nitrogens is 2. The first-order valence-electron chi connectivity index (χ1n) is 7.63. The van der Waals surface area contributed by atoms with Crippen LogP contribution in [0.5, 0.6) is 11.5 Å². The van der Waals surface area contributed by atoms with Gasteiger partial charge in [-0.3, -0.25) is 4.98 Å². The summed E-state index contributed by atoms with van der Waals surface area (Å²) in [6.45, 7) is 2.71. The van der Waals surface area contributed by atoms with E-state index in [9.17, 15) is 0 Å². The highest BCUT2D eigenvalue weighted by Gasteiger charge is 2.21. The second-order valence-electron chi connectivity index (χ2n) is 5.51. The molecule has 2 heterocycles. The third-order valence-corrected chi connectivity index (χ3v) is 3.92. The summed E-state index contributed by atoms with van der Waals surface area (Å²) in [5.74, 6) is 3.13. The maximum atomic E-state index is 5.93. The van der Waals surface area contributed by atoms with E-state index in [0.717, 1.165) is 36.8 Å². The molecule has 0 saturated carbocycles. The molecule has 0 bridgehead atoms. The van der Waals surface area contributed by atoms with Crippen LogP contribution in [-0.4, -0.2) is 36.8 Å². The predicted molar refractivity (Wildman–Crippen MR) is 85.5 cm³/mol. The van der Waals surface area contributed by atoms with Gasteiger partial charge in [0.1, 0.15) is 17.3 Å². The number of rotatable bonds is 5. The summed E-state index contributed by atoms with van der Waals surface area (Å²) in [4.78, 5) is 10.8. The highest BCUT2D eigenvalue weighted by molar-refractivity contribution is 5.36. The van der Waals surface area contributed by atoms with Crippen molar-refractivity contribution in [2.45, 2.75) is 12.8 Å². The lowest BCUT2D eigenvalue weighted by Gasteiger charge is -2.33. The predicted octanol–water partition coefficient (Wildman–Crippen LogP) is 2.78. The SMILES string of the molecule is COc1cccc(OC[C@@H]2CCCN(c3cnccn3)C2)c1. The van der Waals surface area contributed by atoms with Crippen molar-refractivity contribution in [2.24, 2.45) is 5.92 Å². The quantitative estimate of drug-likeness (QED) is 0.849. The van der Waals surface area contributed by atoms with Gasteiger partial charge >= 0.3 is 0 Å². The first kappa shape index (κ1) is 14.6. The van der Waals surface area contributed by atoms with Gasteiger partial charge in [-0.25, -0.2) is 4.98 Å². The second kappa shape index (κ2) is 7.11. The Morgan fingerprint density at radius 3 is 3.00 bits per heavy atom. The summed E-state index contributed by atoms with van der Waals surface area (Å²) in [6.07, 6.45) is 7.61. The maximum absolute atomic E-state index is 5.93. The van der Waals surface area contributed by atoms with E-state index >= 15 is 0 Å². The summed E-state index contributed by atoms with van der Waals surface area (Å²) in [6, 6.07) is 7.75. The minimum Gasteiger partial charge on any atom is -0.497 e. The van der Waals surface area contributed by atoms with Crippen molar-refractivity contribution in [1.82, 2.24) is 9.97 Å². The van der Waals surface area contributed by atoms with Crippen LogP contribution in [0.15, 0.2) is 42.9 Å². The summed E-state index contributed by atoms with van der Waals surface area (Å²) in [5, 5.41) is 0. The van der Waals surface area contributed by atoms with E-state index < -0.39 is 0 Å². The molecule has 1 aromatic carbocycles. The van der Waals surface area contributed by atoms with Gasteiger partial charge in [-0.2, -0.15) is 0 Å². The molecule has 1 fully saturated rings. The van der Waals surface area contributed by atoms with E-state index in [1.807, 2.05) is 30.5 Å². The molecule has 5 nitrogen and oxygen atoms in total. The van der Waals surface area contributed by atoms with Crippen LogP contribution in [0.25, 0.3) is 0 Å². The highest BCUT2D eigenvalue weighted by Crippen LogP contribution is 2.23. The van der Waals surface area contributed by atoms with E-state index in [2.05, 4.69) is 14.9 Å². The lowest BCUT2D eigenvalue weighted by molar-refractivity contribution is 0.227. The number of methoxy groups -OCH3 is 1. The van der Waals surface area contributed by atoms with Gasteiger partial charge in [0.05, 0.1) is 19.9 Å². The minimum absolute atomic E-state index is 0.502. The van der Waals surface area contributed by atoms with Crippen LogP contribution in [0, 0.1) is 5.92 Å². The van der Waals surface area contributed by atoms with Crippen LogP contribution in [0.3, 0.4) is 0 Å². The Balaban J connectivity index is 1.56. The Morgan fingerprint density at radius 1 is 1.27 bits per heavy atom. The molecule has 3 rings (SSSR count). The second-order valence-corrected chi connectivity index (χ2v) is 5.51. The molecule has 1 aliphatic heterocycles. The largest absolute Gasteiger partial charge is 0.497 e. The van der Waals surface area contributed by atoms with Gasteiger partial charge in [-0.05, 0) is 25.0 Å². The molecule has 0 aliphatic carbocycles. The van der Waals surface area contributed by atoms with Gasteiger partial charge in [0.2, 0.25) is 0 Å². The minimum atomic E-state index is 0.502. The van der Waals surface area contributed by atoms with E-state index in [-0.39, 0.29) is 0 Å². The topological polar surface area (TPSA) is 47.5 Å². The number of ether oxygens (including phenoxy) is 2. The van der Waals surface area contributed by atoms with Gasteiger partial charge in [-0.1, -0.05) is 6.07 Å². The van der Waals surface area contributed by atoms with Crippen LogP contribution >= 0.6 is 0 Å². The van der Waals surface area contributed by atoms with Crippen LogP contribution in [0.1, 0.15) is 12.8 Å². The zero-order valence-electron chi connectivity index (χ0n) is 12.8. The summed E-state index contributed by atoms with van der Waals surface area (Å²) < 4.78 is 11.1. The van der Waals surface area contributed by atoms with Gasteiger partial charge < -0.3 is 14.4 Å². The van der Waals surface area contributed by atoms with Crippen molar-refractivity contribution in [3.63, 3.8) is 0 Å². The van der Waals surface area contributed by atoms with E-state index in [0.29, 0.717) is 12.5 Å². The Kier molecular flexibility index (Phi) is 4.73. The van der Waals surface area contributed by atoms with Crippen molar-refractivity contribution in [3.05, 3.63) is 42.9 Å². The van der Waals surface area contributed by atoms with Crippen LogP contribution in [0.2, 0.25) is 0 Å². The Bertz CT molecular complexity index is 591. The monoisotopic (exact) mass is 299 g/mol. The lowest BCUT2D eigenvalue weighted by Crippen LogP contribution is -2.38. The Morgan fingerprint density at radius 2 is 2.18 bits per heavy atom. The summed E-state index contributed by atoms with van der Waals surface area (Å²) >= 11 is 0. The summed E-state index contributed by atoms with van der Waals surface area (Å²) in [5.41, 5.74) is 0. The van der Waals surface area contributed by atoms with Crippen molar-refractivity contribution in [3.8, 4) is 11.5 Å². The molecule has 1 atom stereocenters. The van der Waals surface area contributed by atoms with E-state index in [1.54, 1.807) is 19.5 Å². The van der Waals surface area contributed by atoms with Crippen molar-refractivity contribution < 1.29 is 9.47 Å². The van der Waals surface area contributed by atoms with Gasteiger partial charge in [-0.15, -0.1) is 0 Å². The first-order chi connectivity index (χ1) is 10.8. The number of anilines is 1. The van der Waals surface area contributed by atoms with Gasteiger partial charge in [0.25, 0.3) is 0 Å². The standard InChI is InChI=1S/C17H21N3O2/c1-21-15-5-2-6-16(10-15)22-13-14-4-3-9-20(12-14)17-11-18-7-8-19-17/h2,5-8,10-11,14H,3-4,9,12-13H2,1H3/t14-/m1/s1. The molecule has 0 amide bonds. The number of hydrogen-bond donors (Lipinski definition) is 0. The molecule has 0 spiro atoms. The third-order valence-electron chi connectivity index (χ3n) is 3.92. The molecular weight excluding hydrogens is 278 g/mol. The molecule has 0 N–H and O–H groups in total. The van der Waals surface area contributed by atoms with Crippen molar-refractivity contribution in [1.29, 1.82) is 0 Å². The normalized spacial score (nSPS) is 18.0. The molecule has 2 aromatic rings. The fraction of sp³-hybridized carbons (Fsp3) is 0.412. The zero-order valence-corrected chi connectivity index (χ0v) is 12.8. The lowest BCUT2D eigenvalue weighted by atomic mass is 9.99. The molecule has 116 valence electrons. The van der Waals surface area contributed by atoms with E-state index in [4.69, 9.17) is 9.47 Å². The molecule has 0 radical (unpaired) electrons. The highest BCUT2D eigenvalue weighted by atomic mass is 16.5. The number of hydrogen-bond acceptors (Lipinski definition) is 5. The maximum Gasteiger partial charge on any atom is 0.147 e. The van der Waals surface area contributed by atoms with Crippen LogP contribution in [0.4, 0.5) is 5.82 Å². The molecule has 22 heavy (non-hydrogen) atoms. The summed E-state index contributed by atoms with van der Waals surface area (Å²) in [7, 11) is 1.67. The molecule has 1 aromatic heterocycles. The third kappa shape index (κ3) is 3.67. The Labute approximate surface area is 130 Å². The molecule has 0 unspecified atom stereocenters. The first-order valence-corrected chi connectivity index (χ1v) is 7.63. The van der Waals surface area contributed by atoms with Crippen LogP contribution < -0.4 is 14.4 Å². The van der Waals surface area contributed by atoms with Gasteiger partial charge in [0, 0.05) is 37.5 Å². The zero-order chi connectivity index (χ0) is 15.2. The smallest absolute Gasteiger partial charge is 0.147 e. The fourth-order valence-corrected chi connectivity index (χ4v) is 2.77. The fourth-order valence-electron chi connectivity index (χ4n) is 2.77. The van der Waals surface area contributed by atoms with Crippen LogP contribution in [-0.2, 0) is 0 Å². The molecule has 1 saturated heterocycles. The van der Waals surface area contributed by atoms with Crippen molar-refractivity contribution in [2.75, 3.05) is 31.7 Å². The molecular formula is C17H21N3O2. The molecule has 1 aliphatic rings. The average Bonchev–Trinajstić information content (AvgIpc) is 2.61. The average molecular weight is 299 g/mol. The van der Waals surface area contributed by atoms with Crippen molar-refractivity contribution >= 4 is 5.82 Å².